The van der Waals surface area contributed by atoms with Crippen molar-refractivity contribution in [3.63, 3.8) is 0 Å². The fourth-order valence-corrected chi connectivity index (χ4v) is 10.5. The molecule has 0 saturated carbocycles. The molecule has 1 aromatic heterocycles. The van der Waals surface area contributed by atoms with Crippen LogP contribution in [-0.2, 0) is 6.42 Å². The summed E-state index contributed by atoms with van der Waals surface area (Å²) in [7, 11) is 0. The van der Waals surface area contributed by atoms with E-state index in [-0.39, 0.29) is 24.4 Å². The van der Waals surface area contributed by atoms with Crippen LogP contribution in [0.3, 0.4) is 0 Å². The van der Waals surface area contributed by atoms with Crippen molar-refractivity contribution in [1.82, 2.24) is 15.2 Å². The van der Waals surface area contributed by atoms with Crippen molar-refractivity contribution in [1.29, 1.82) is 0 Å². The molecule has 3 heterocycles. The minimum atomic E-state index is -0.251. The molecule has 2 N–H and O–H groups in total. The standard InChI is InChI=1S/C53H43N5/c1-3-16-35(17-4-1)51-54-52(36-18-5-2-6-19-36)56-53(55-51)38-31-30-34-21-15-29-47(43(34)32-38)57-46-28-14-11-25-42(46)49-48(57)33-37-20-7-8-22-39(37)50(49)58-44-26-12-9-23-40(44)41-24-10-13-27-45(41)58/h1-13,15-27,29-33,40-41,44-45,51,53,55H,14,28H2,(H,54,56). The third kappa shape index (κ3) is 5.23. The summed E-state index contributed by atoms with van der Waals surface area (Å²) in [6, 6.07) is 46.8. The van der Waals surface area contributed by atoms with Crippen LogP contribution in [0.1, 0.15) is 46.7 Å². The molecule has 0 bridgehead atoms. The van der Waals surface area contributed by atoms with E-state index >= 15 is 0 Å². The summed E-state index contributed by atoms with van der Waals surface area (Å²) in [5.74, 6) is 1.73. The van der Waals surface area contributed by atoms with Crippen LogP contribution in [0.15, 0.2) is 187 Å². The van der Waals surface area contributed by atoms with E-state index in [1.54, 1.807) is 0 Å². The number of allylic oxidation sites excluding steroid dienone is 5. The third-order valence-corrected chi connectivity index (χ3v) is 13.0. The minimum Gasteiger partial charge on any atom is -0.356 e. The lowest BCUT2D eigenvalue weighted by Crippen LogP contribution is -2.44. The van der Waals surface area contributed by atoms with E-state index in [0.29, 0.717) is 11.8 Å². The maximum absolute atomic E-state index is 5.33. The number of nitrogens with zero attached hydrogens (tertiary/aromatic N) is 3. The lowest BCUT2D eigenvalue weighted by atomic mass is 9.83. The van der Waals surface area contributed by atoms with E-state index in [1.807, 2.05) is 0 Å². The molecule has 6 unspecified atom stereocenters. The molecular weight excluding hydrogens is 707 g/mol. The summed E-state index contributed by atoms with van der Waals surface area (Å²) in [4.78, 5) is 8.09. The van der Waals surface area contributed by atoms with E-state index in [9.17, 15) is 0 Å². The van der Waals surface area contributed by atoms with Crippen molar-refractivity contribution < 1.29 is 0 Å². The first-order valence-corrected chi connectivity index (χ1v) is 20.8. The molecule has 280 valence electrons. The molecule has 12 rings (SSSR count). The average molecular weight is 750 g/mol. The highest BCUT2D eigenvalue weighted by molar-refractivity contribution is 6.15. The van der Waals surface area contributed by atoms with Crippen molar-refractivity contribution in [2.24, 2.45) is 16.8 Å². The van der Waals surface area contributed by atoms with Crippen LogP contribution in [0.2, 0.25) is 0 Å². The van der Waals surface area contributed by atoms with Crippen molar-refractivity contribution >= 4 is 50.0 Å². The number of anilines is 1. The zero-order chi connectivity index (χ0) is 38.2. The van der Waals surface area contributed by atoms with Crippen LogP contribution in [0, 0.1) is 11.8 Å². The predicted molar refractivity (Wildman–Crippen MR) is 240 cm³/mol. The number of fused-ring (bicyclic) bond motifs is 8. The molecular formula is C53H43N5. The van der Waals surface area contributed by atoms with Gasteiger partial charge in [0.15, 0.2) is 0 Å². The van der Waals surface area contributed by atoms with E-state index in [1.165, 1.54) is 60.6 Å². The molecule has 58 heavy (non-hydrogen) atoms. The summed E-state index contributed by atoms with van der Waals surface area (Å²) in [5, 5.41) is 13.9. The Morgan fingerprint density at radius 2 is 1.34 bits per heavy atom. The average Bonchev–Trinajstić information content (AvgIpc) is 3.81. The fraction of sp³-hybridized carbons (Fsp3) is 0.151. The van der Waals surface area contributed by atoms with Crippen molar-refractivity contribution in [3.05, 3.63) is 210 Å². The molecule has 6 atom stereocenters. The van der Waals surface area contributed by atoms with Gasteiger partial charge < -0.3 is 14.8 Å². The Morgan fingerprint density at radius 1 is 0.621 bits per heavy atom. The summed E-state index contributed by atoms with van der Waals surface area (Å²) in [6.45, 7) is 0. The lowest BCUT2D eigenvalue weighted by Gasteiger charge is -2.34. The lowest BCUT2D eigenvalue weighted by molar-refractivity contribution is 0.409. The van der Waals surface area contributed by atoms with Gasteiger partial charge in [0.05, 0.1) is 29.0 Å². The van der Waals surface area contributed by atoms with Gasteiger partial charge in [-0.05, 0) is 52.9 Å². The molecule has 5 heteroatoms. The van der Waals surface area contributed by atoms with E-state index < -0.39 is 0 Å². The Kier molecular flexibility index (Phi) is 7.77. The Balaban J connectivity index is 1.07. The van der Waals surface area contributed by atoms with Gasteiger partial charge in [0.1, 0.15) is 18.2 Å². The van der Waals surface area contributed by atoms with Gasteiger partial charge in [-0.2, -0.15) is 0 Å². The van der Waals surface area contributed by atoms with E-state index in [2.05, 4.69) is 208 Å². The normalized spacial score (nSPS) is 24.2. The second kappa shape index (κ2) is 13.5. The van der Waals surface area contributed by atoms with Gasteiger partial charge in [-0.15, -0.1) is 0 Å². The quantitative estimate of drug-likeness (QED) is 0.184. The van der Waals surface area contributed by atoms with Crippen LogP contribution >= 0.6 is 0 Å². The van der Waals surface area contributed by atoms with E-state index in [4.69, 9.17) is 4.99 Å². The van der Waals surface area contributed by atoms with Crippen LogP contribution in [-0.4, -0.2) is 22.5 Å². The SMILES string of the molecule is C1=CC2C3C=CC=CC3N(c3c4ccccc4cc4c3c3c(n4-c4cccc5ccc(C6N=C(c7ccccc7)NC(c7ccccc7)N6)cc45)CCC=C3)C2C=C1. The minimum absolute atomic E-state index is 0.0995. The molecule has 5 nitrogen and oxygen atoms in total. The largest absolute Gasteiger partial charge is 0.356 e. The summed E-state index contributed by atoms with van der Waals surface area (Å²) in [6.07, 6.45) is 25.2. The zero-order valence-electron chi connectivity index (χ0n) is 32.1. The number of aliphatic imine (C=N–C) groups is 1. The number of benzene rings is 6. The van der Waals surface area contributed by atoms with E-state index in [0.717, 1.165) is 29.8 Å². The molecule has 7 aromatic rings. The van der Waals surface area contributed by atoms with Crippen molar-refractivity contribution in [3.8, 4) is 5.69 Å². The van der Waals surface area contributed by atoms with Gasteiger partial charge in [-0.1, -0.05) is 170 Å². The van der Waals surface area contributed by atoms with Crippen LogP contribution < -0.4 is 15.5 Å². The molecule has 0 amide bonds. The molecule has 5 aliphatic rings. The first kappa shape index (κ1) is 33.4. The Labute approximate surface area is 338 Å². The smallest absolute Gasteiger partial charge is 0.131 e. The van der Waals surface area contributed by atoms with Gasteiger partial charge in [0.2, 0.25) is 0 Å². The first-order chi connectivity index (χ1) is 28.8. The second-order valence-electron chi connectivity index (χ2n) is 16.2. The first-order valence-electron chi connectivity index (χ1n) is 20.8. The predicted octanol–water partition coefficient (Wildman–Crippen LogP) is 11.3. The maximum Gasteiger partial charge on any atom is 0.131 e. The number of nitrogens with one attached hydrogen (secondary N) is 2. The van der Waals surface area contributed by atoms with Crippen LogP contribution in [0.5, 0.6) is 0 Å². The van der Waals surface area contributed by atoms with Gasteiger partial charge in [0.25, 0.3) is 0 Å². The van der Waals surface area contributed by atoms with Gasteiger partial charge >= 0.3 is 0 Å². The van der Waals surface area contributed by atoms with Crippen LogP contribution in [0.25, 0.3) is 44.2 Å². The highest BCUT2D eigenvalue weighted by atomic mass is 15.3. The second-order valence-corrected chi connectivity index (χ2v) is 16.2. The number of hydrogen-bond donors (Lipinski definition) is 2. The molecule has 3 aliphatic carbocycles. The number of rotatable bonds is 5. The van der Waals surface area contributed by atoms with Crippen molar-refractivity contribution in [2.45, 2.75) is 37.3 Å². The summed E-state index contributed by atoms with van der Waals surface area (Å²) in [5.41, 5.74) is 9.95. The Hall–Kier alpha value is -6.69. The number of amidine groups is 1. The molecule has 0 radical (unpaired) electrons. The van der Waals surface area contributed by atoms with Gasteiger partial charge in [0, 0.05) is 44.8 Å². The summed E-state index contributed by atoms with van der Waals surface area (Å²) >= 11 is 0. The van der Waals surface area contributed by atoms with Crippen LogP contribution in [0.4, 0.5) is 5.69 Å². The van der Waals surface area contributed by atoms with Gasteiger partial charge in [-0.25, -0.2) is 4.99 Å². The Morgan fingerprint density at radius 3 is 2.16 bits per heavy atom. The third-order valence-electron chi connectivity index (χ3n) is 13.0. The molecule has 1 saturated heterocycles. The molecule has 6 aromatic carbocycles. The van der Waals surface area contributed by atoms with Crippen molar-refractivity contribution in [2.75, 3.05) is 4.90 Å². The highest BCUT2D eigenvalue weighted by Crippen LogP contribution is 2.51. The highest BCUT2D eigenvalue weighted by Gasteiger charge is 2.47. The monoisotopic (exact) mass is 749 g/mol. The fourth-order valence-electron chi connectivity index (χ4n) is 10.5. The van der Waals surface area contributed by atoms with Gasteiger partial charge in [-0.3, -0.25) is 5.32 Å². The summed E-state index contributed by atoms with van der Waals surface area (Å²) < 4.78 is 2.61. The molecule has 2 aliphatic heterocycles. The Bertz CT molecular complexity index is 2910. The molecule has 1 fully saturated rings. The topological polar surface area (TPSA) is 44.6 Å². The number of hydrogen-bond acceptors (Lipinski definition) is 4. The number of aromatic nitrogens is 1. The molecule has 0 spiro atoms. The zero-order valence-corrected chi connectivity index (χ0v) is 32.1. The maximum atomic E-state index is 5.33.